The van der Waals surface area contributed by atoms with E-state index in [1.807, 2.05) is 0 Å². The molecule has 2 heterocycles. The van der Waals surface area contributed by atoms with Crippen LogP contribution in [0.1, 0.15) is 13.3 Å². The Balaban J connectivity index is 2.26. The molecule has 0 radical (unpaired) electrons. The van der Waals surface area contributed by atoms with Crippen LogP contribution in [0, 0.1) is 0 Å². The SMILES string of the molecule is CC1CN(C(=O)CC(F)(F)F)c2cccnc2O1. The van der Waals surface area contributed by atoms with Gasteiger partial charge in [-0.3, -0.25) is 4.79 Å². The number of hydrogen-bond donors (Lipinski definition) is 0. The van der Waals surface area contributed by atoms with Crippen molar-refractivity contribution in [3.05, 3.63) is 18.3 Å². The Morgan fingerprint density at radius 3 is 3.00 bits per heavy atom. The van der Waals surface area contributed by atoms with Gasteiger partial charge in [0.15, 0.2) is 0 Å². The van der Waals surface area contributed by atoms with Gasteiger partial charge in [0.1, 0.15) is 18.2 Å². The third-order valence-corrected chi connectivity index (χ3v) is 2.45. The van der Waals surface area contributed by atoms with Gasteiger partial charge in [0.05, 0.1) is 6.54 Å². The van der Waals surface area contributed by atoms with Crippen LogP contribution in [0.5, 0.6) is 5.88 Å². The monoisotopic (exact) mass is 260 g/mol. The van der Waals surface area contributed by atoms with E-state index in [9.17, 15) is 18.0 Å². The standard InChI is InChI=1S/C11H11F3N2O2/c1-7-6-16(9(17)5-11(12,13)14)8-3-2-4-15-10(8)18-7/h2-4,7H,5-6H2,1H3. The van der Waals surface area contributed by atoms with Crippen molar-refractivity contribution >= 4 is 11.6 Å². The van der Waals surface area contributed by atoms with Gasteiger partial charge >= 0.3 is 6.18 Å². The Morgan fingerprint density at radius 2 is 2.33 bits per heavy atom. The summed E-state index contributed by atoms with van der Waals surface area (Å²) in [6.45, 7) is 1.76. The molecule has 0 fully saturated rings. The van der Waals surface area contributed by atoms with Crippen molar-refractivity contribution in [2.45, 2.75) is 25.6 Å². The number of fused-ring (bicyclic) bond motifs is 1. The number of hydrogen-bond acceptors (Lipinski definition) is 3. The minimum Gasteiger partial charge on any atom is -0.471 e. The van der Waals surface area contributed by atoms with Crippen molar-refractivity contribution in [3.63, 3.8) is 0 Å². The molecule has 1 unspecified atom stereocenters. The zero-order valence-corrected chi connectivity index (χ0v) is 9.57. The van der Waals surface area contributed by atoms with E-state index >= 15 is 0 Å². The number of halogens is 3. The average Bonchev–Trinajstić information content (AvgIpc) is 2.25. The van der Waals surface area contributed by atoms with E-state index in [0.29, 0.717) is 0 Å². The van der Waals surface area contributed by atoms with E-state index in [0.717, 1.165) is 4.90 Å². The molecule has 0 bridgehead atoms. The lowest BCUT2D eigenvalue weighted by atomic mass is 10.2. The summed E-state index contributed by atoms with van der Waals surface area (Å²) in [4.78, 5) is 16.6. The fourth-order valence-electron chi connectivity index (χ4n) is 1.76. The zero-order valence-electron chi connectivity index (χ0n) is 9.57. The Kier molecular flexibility index (Phi) is 3.14. The number of alkyl halides is 3. The van der Waals surface area contributed by atoms with Crippen LogP contribution in [-0.4, -0.2) is 29.7 Å². The molecule has 1 aliphatic rings. The predicted molar refractivity (Wildman–Crippen MR) is 57.4 cm³/mol. The number of ether oxygens (including phenoxy) is 1. The van der Waals surface area contributed by atoms with Gasteiger partial charge in [-0.1, -0.05) is 0 Å². The van der Waals surface area contributed by atoms with E-state index in [2.05, 4.69) is 4.98 Å². The highest BCUT2D eigenvalue weighted by atomic mass is 19.4. The molecular weight excluding hydrogens is 249 g/mol. The summed E-state index contributed by atoms with van der Waals surface area (Å²) in [5, 5.41) is 0. The molecule has 1 aromatic rings. The Bertz CT molecular complexity index is 462. The summed E-state index contributed by atoms with van der Waals surface area (Å²) >= 11 is 0. The van der Waals surface area contributed by atoms with E-state index < -0.39 is 18.5 Å². The number of amides is 1. The van der Waals surface area contributed by atoms with Crippen molar-refractivity contribution in [1.29, 1.82) is 0 Å². The minimum atomic E-state index is -4.51. The van der Waals surface area contributed by atoms with Crippen molar-refractivity contribution in [2.75, 3.05) is 11.4 Å². The number of rotatable bonds is 1. The molecule has 1 aromatic heterocycles. The van der Waals surface area contributed by atoms with Gasteiger partial charge < -0.3 is 9.64 Å². The van der Waals surface area contributed by atoms with Crippen LogP contribution < -0.4 is 9.64 Å². The molecule has 0 aromatic carbocycles. The molecule has 0 spiro atoms. The average molecular weight is 260 g/mol. The lowest BCUT2D eigenvalue weighted by molar-refractivity contribution is -0.152. The second-order valence-electron chi connectivity index (χ2n) is 4.05. The van der Waals surface area contributed by atoms with Gasteiger partial charge in [-0.2, -0.15) is 13.2 Å². The second-order valence-corrected chi connectivity index (χ2v) is 4.05. The molecule has 0 saturated carbocycles. The van der Waals surface area contributed by atoms with E-state index in [-0.39, 0.29) is 24.2 Å². The molecule has 0 saturated heterocycles. The van der Waals surface area contributed by atoms with Crippen LogP contribution in [0.4, 0.5) is 18.9 Å². The van der Waals surface area contributed by atoms with Gasteiger partial charge in [0.2, 0.25) is 11.8 Å². The largest absolute Gasteiger partial charge is 0.471 e. The zero-order chi connectivity index (χ0) is 13.3. The topological polar surface area (TPSA) is 42.4 Å². The number of aromatic nitrogens is 1. The first-order chi connectivity index (χ1) is 8.37. The maximum Gasteiger partial charge on any atom is 0.397 e. The van der Waals surface area contributed by atoms with Gasteiger partial charge in [-0.25, -0.2) is 4.98 Å². The molecule has 1 amide bonds. The van der Waals surface area contributed by atoms with Crippen LogP contribution in [0.3, 0.4) is 0 Å². The number of pyridine rings is 1. The highest BCUT2D eigenvalue weighted by Crippen LogP contribution is 2.32. The van der Waals surface area contributed by atoms with E-state index in [1.54, 1.807) is 13.0 Å². The quantitative estimate of drug-likeness (QED) is 0.777. The summed E-state index contributed by atoms with van der Waals surface area (Å²) in [7, 11) is 0. The van der Waals surface area contributed by atoms with Crippen LogP contribution >= 0.6 is 0 Å². The Labute approximate surface area is 101 Å². The van der Waals surface area contributed by atoms with Crippen LogP contribution in [0.15, 0.2) is 18.3 Å². The lowest BCUT2D eigenvalue weighted by Crippen LogP contribution is -2.43. The van der Waals surface area contributed by atoms with E-state index in [1.165, 1.54) is 12.3 Å². The highest BCUT2D eigenvalue weighted by Gasteiger charge is 2.36. The number of anilines is 1. The van der Waals surface area contributed by atoms with Gasteiger partial charge in [0, 0.05) is 6.20 Å². The fourth-order valence-corrected chi connectivity index (χ4v) is 1.76. The number of nitrogens with zero attached hydrogens (tertiary/aromatic N) is 2. The van der Waals surface area contributed by atoms with Gasteiger partial charge in [-0.15, -0.1) is 0 Å². The normalized spacial score (nSPS) is 19.1. The molecule has 0 aliphatic carbocycles. The minimum absolute atomic E-state index is 0.0909. The van der Waals surface area contributed by atoms with Crippen molar-refractivity contribution in [2.24, 2.45) is 0 Å². The first-order valence-electron chi connectivity index (χ1n) is 5.35. The van der Waals surface area contributed by atoms with Gasteiger partial charge in [0.25, 0.3) is 0 Å². The van der Waals surface area contributed by atoms with Crippen LogP contribution in [0.2, 0.25) is 0 Å². The van der Waals surface area contributed by atoms with Crippen molar-refractivity contribution in [3.8, 4) is 5.88 Å². The number of carbonyl (C=O) groups is 1. The molecule has 1 atom stereocenters. The third kappa shape index (κ3) is 2.72. The molecule has 1 aliphatic heterocycles. The van der Waals surface area contributed by atoms with E-state index in [4.69, 9.17) is 4.74 Å². The molecule has 2 rings (SSSR count). The van der Waals surface area contributed by atoms with Crippen LogP contribution in [-0.2, 0) is 4.79 Å². The highest BCUT2D eigenvalue weighted by molar-refractivity contribution is 5.95. The maximum absolute atomic E-state index is 12.2. The second kappa shape index (κ2) is 4.47. The Hall–Kier alpha value is -1.79. The lowest BCUT2D eigenvalue weighted by Gasteiger charge is -2.32. The van der Waals surface area contributed by atoms with Gasteiger partial charge in [-0.05, 0) is 19.1 Å². The van der Waals surface area contributed by atoms with Crippen molar-refractivity contribution in [1.82, 2.24) is 4.98 Å². The molecule has 0 N–H and O–H groups in total. The predicted octanol–water partition coefficient (Wildman–Crippen LogP) is 2.15. The smallest absolute Gasteiger partial charge is 0.397 e. The summed E-state index contributed by atoms with van der Waals surface area (Å²) in [6.07, 6.45) is -4.91. The summed E-state index contributed by atoms with van der Waals surface area (Å²) in [5.74, 6) is -0.807. The van der Waals surface area contributed by atoms with Crippen LogP contribution in [0.25, 0.3) is 0 Å². The molecule has 7 heteroatoms. The summed E-state index contributed by atoms with van der Waals surface area (Å²) in [6, 6.07) is 3.06. The molecule has 4 nitrogen and oxygen atoms in total. The summed E-state index contributed by atoms with van der Waals surface area (Å²) < 4.78 is 42.1. The third-order valence-electron chi connectivity index (χ3n) is 2.45. The van der Waals surface area contributed by atoms with Crippen molar-refractivity contribution < 1.29 is 22.7 Å². The Morgan fingerprint density at radius 1 is 1.61 bits per heavy atom. The maximum atomic E-state index is 12.2. The first-order valence-corrected chi connectivity index (χ1v) is 5.35. The first kappa shape index (κ1) is 12.7. The summed E-state index contributed by atoms with van der Waals surface area (Å²) in [5.41, 5.74) is 0.282. The molecule has 18 heavy (non-hydrogen) atoms. The number of carbonyl (C=O) groups excluding carboxylic acids is 1. The fraction of sp³-hybridized carbons (Fsp3) is 0.455. The molecule has 98 valence electrons. The molecular formula is C11H11F3N2O2.